The van der Waals surface area contributed by atoms with E-state index in [-0.39, 0.29) is 16.1 Å². The van der Waals surface area contributed by atoms with Gasteiger partial charge >= 0.3 is 0 Å². The molecule has 4 nitrogen and oxygen atoms in total. The molecular formula is C22H20FNO3S. The van der Waals surface area contributed by atoms with Gasteiger partial charge < -0.3 is 0 Å². The number of hydrogen-bond donors (Lipinski definition) is 0. The molecule has 28 heavy (non-hydrogen) atoms. The first-order chi connectivity index (χ1) is 13.3. The van der Waals surface area contributed by atoms with E-state index in [0.717, 1.165) is 27.9 Å². The van der Waals surface area contributed by atoms with Crippen LogP contribution in [0.3, 0.4) is 0 Å². The monoisotopic (exact) mass is 397 g/mol. The summed E-state index contributed by atoms with van der Waals surface area (Å²) in [5.74, 6) is -1.43. The summed E-state index contributed by atoms with van der Waals surface area (Å²) in [6, 6.07) is 17.9. The second kappa shape index (κ2) is 7.94. The fraction of sp³-hybridized carbons (Fsp3) is 0.136. The van der Waals surface area contributed by atoms with E-state index in [9.17, 15) is 17.6 Å². The van der Waals surface area contributed by atoms with Crippen LogP contribution in [0.15, 0.2) is 77.7 Å². The van der Waals surface area contributed by atoms with Gasteiger partial charge in [-0.15, -0.1) is 0 Å². The van der Waals surface area contributed by atoms with E-state index in [1.54, 1.807) is 36.4 Å². The molecule has 0 aliphatic rings. The first-order valence-corrected chi connectivity index (χ1v) is 10.3. The molecule has 0 saturated carbocycles. The molecule has 0 aliphatic heterocycles. The topological polar surface area (TPSA) is 54.5 Å². The Balaban J connectivity index is 2.15. The van der Waals surface area contributed by atoms with Crippen LogP contribution in [-0.2, 0) is 16.4 Å². The number of carbonyl (C=O) groups excluding carboxylic acids is 1. The van der Waals surface area contributed by atoms with Crippen molar-refractivity contribution in [2.75, 3.05) is 4.31 Å². The van der Waals surface area contributed by atoms with Gasteiger partial charge in [0.15, 0.2) is 0 Å². The molecule has 3 aromatic carbocycles. The molecule has 0 heterocycles. The SMILES string of the molecule is CCc1ccc(N(C(=O)c2cccc(F)c2)S(=O)(=O)c2ccc(C)cc2)cc1. The normalized spacial score (nSPS) is 11.2. The lowest BCUT2D eigenvalue weighted by molar-refractivity contribution is 0.100. The van der Waals surface area contributed by atoms with Crippen LogP contribution in [-0.4, -0.2) is 14.3 Å². The molecule has 0 unspecified atom stereocenters. The Labute approximate surface area is 164 Å². The van der Waals surface area contributed by atoms with Crippen LogP contribution < -0.4 is 4.31 Å². The number of nitrogens with zero attached hydrogens (tertiary/aromatic N) is 1. The van der Waals surface area contributed by atoms with Gasteiger partial charge in [-0.2, -0.15) is 4.31 Å². The first-order valence-electron chi connectivity index (χ1n) is 8.84. The van der Waals surface area contributed by atoms with E-state index < -0.39 is 21.7 Å². The van der Waals surface area contributed by atoms with Crippen LogP contribution in [0, 0.1) is 12.7 Å². The Morgan fingerprint density at radius 1 is 0.964 bits per heavy atom. The summed E-state index contributed by atoms with van der Waals surface area (Å²) < 4.78 is 41.0. The number of rotatable bonds is 5. The predicted octanol–water partition coefficient (Wildman–Crippen LogP) is 4.73. The van der Waals surface area contributed by atoms with Crippen molar-refractivity contribution in [1.82, 2.24) is 0 Å². The third-order valence-electron chi connectivity index (χ3n) is 4.39. The molecule has 0 aromatic heterocycles. The average molecular weight is 397 g/mol. The van der Waals surface area contributed by atoms with Gasteiger partial charge in [-0.05, 0) is 61.4 Å². The zero-order chi connectivity index (χ0) is 20.3. The molecule has 3 rings (SSSR count). The second-order valence-corrected chi connectivity index (χ2v) is 8.20. The molecule has 3 aromatic rings. The van der Waals surface area contributed by atoms with Crippen molar-refractivity contribution >= 4 is 21.6 Å². The lowest BCUT2D eigenvalue weighted by Gasteiger charge is -2.23. The molecule has 0 atom stereocenters. The van der Waals surface area contributed by atoms with Gasteiger partial charge in [0.05, 0.1) is 10.6 Å². The minimum Gasteiger partial charge on any atom is -0.268 e. The summed E-state index contributed by atoms with van der Waals surface area (Å²) in [6.07, 6.45) is 0.781. The number of aryl methyl sites for hydroxylation is 2. The van der Waals surface area contributed by atoms with Gasteiger partial charge in [0.25, 0.3) is 15.9 Å². The van der Waals surface area contributed by atoms with Gasteiger partial charge in [0, 0.05) is 5.56 Å². The lowest BCUT2D eigenvalue weighted by Crippen LogP contribution is -2.37. The average Bonchev–Trinajstić information content (AvgIpc) is 2.69. The number of benzene rings is 3. The summed E-state index contributed by atoms with van der Waals surface area (Å²) in [4.78, 5) is 13.1. The summed E-state index contributed by atoms with van der Waals surface area (Å²) in [7, 11) is -4.19. The molecule has 144 valence electrons. The predicted molar refractivity (Wildman–Crippen MR) is 107 cm³/mol. The third kappa shape index (κ3) is 3.97. The van der Waals surface area contributed by atoms with Gasteiger partial charge in [-0.3, -0.25) is 4.79 Å². The zero-order valence-corrected chi connectivity index (χ0v) is 16.4. The highest BCUT2D eigenvalue weighted by atomic mass is 32.2. The van der Waals surface area contributed by atoms with E-state index >= 15 is 0 Å². The van der Waals surface area contributed by atoms with Gasteiger partial charge in [-0.1, -0.05) is 42.8 Å². The highest BCUT2D eigenvalue weighted by molar-refractivity contribution is 7.93. The van der Waals surface area contributed by atoms with Crippen molar-refractivity contribution in [1.29, 1.82) is 0 Å². The minimum absolute atomic E-state index is 0.0116. The van der Waals surface area contributed by atoms with E-state index in [4.69, 9.17) is 0 Å². The standard InChI is InChI=1S/C22H20FNO3S/c1-3-17-9-11-20(12-10-17)24(22(25)18-5-4-6-19(23)15-18)28(26,27)21-13-7-16(2)8-14-21/h4-15H,3H2,1-2H3. The van der Waals surface area contributed by atoms with Gasteiger partial charge in [0.1, 0.15) is 5.82 Å². The maximum atomic E-state index is 13.6. The highest BCUT2D eigenvalue weighted by Crippen LogP contribution is 2.27. The Kier molecular flexibility index (Phi) is 5.61. The summed E-state index contributed by atoms with van der Waals surface area (Å²) in [5, 5.41) is 0. The number of carbonyl (C=O) groups is 1. The molecule has 0 spiro atoms. The van der Waals surface area contributed by atoms with Crippen molar-refractivity contribution in [2.24, 2.45) is 0 Å². The Morgan fingerprint density at radius 2 is 1.61 bits per heavy atom. The summed E-state index contributed by atoms with van der Waals surface area (Å²) in [6.45, 7) is 3.82. The van der Waals surface area contributed by atoms with Crippen LogP contribution >= 0.6 is 0 Å². The Bertz CT molecular complexity index is 1090. The molecule has 6 heteroatoms. The van der Waals surface area contributed by atoms with Crippen LogP contribution in [0.2, 0.25) is 0 Å². The molecule has 0 bridgehead atoms. The largest absolute Gasteiger partial charge is 0.272 e. The summed E-state index contributed by atoms with van der Waals surface area (Å²) >= 11 is 0. The second-order valence-electron chi connectivity index (χ2n) is 6.42. The van der Waals surface area contributed by atoms with Crippen LogP contribution in [0.25, 0.3) is 0 Å². The van der Waals surface area contributed by atoms with Crippen molar-refractivity contribution < 1.29 is 17.6 Å². The fourth-order valence-electron chi connectivity index (χ4n) is 2.79. The fourth-order valence-corrected chi connectivity index (χ4v) is 4.20. The molecule has 0 aliphatic carbocycles. The zero-order valence-electron chi connectivity index (χ0n) is 15.6. The van der Waals surface area contributed by atoms with E-state index in [2.05, 4.69) is 0 Å². The minimum atomic E-state index is -4.19. The molecular weight excluding hydrogens is 377 g/mol. The van der Waals surface area contributed by atoms with Crippen LogP contribution in [0.5, 0.6) is 0 Å². The smallest absolute Gasteiger partial charge is 0.268 e. The highest BCUT2D eigenvalue weighted by Gasteiger charge is 2.32. The van der Waals surface area contributed by atoms with Crippen molar-refractivity contribution in [2.45, 2.75) is 25.2 Å². The molecule has 0 saturated heterocycles. The number of halogens is 1. The molecule has 0 N–H and O–H groups in total. The maximum Gasteiger partial charge on any atom is 0.272 e. The molecule has 1 amide bonds. The number of sulfonamides is 1. The Hall–Kier alpha value is -2.99. The van der Waals surface area contributed by atoms with E-state index in [0.29, 0.717) is 0 Å². The molecule has 0 radical (unpaired) electrons. The maximum absolute atomic E-state index is 13.6. The number of amides is 1. The van der Waals surface area contributed by atoms with Gasteiger partial charge in [-0.25, -0.2) is 12.8 Å². The van der Waals surface area contributed by atoms with Crippen molar-refractivity contribution in [3.63, 3.8) is 0 Å². The van der Waals surface area contributed by atoms with Crippen LogP contribution in [0.4, 0.5) is 10.1 Å². The Morgan fingerprint density at radius 3 is 2.18 bits per heavy atom. The number of hydrogen-bond acceptors (Lipinski definition) is 3. The lowest BCUT2D eigenvalue weighted by atomic mass is 10.1. The van der Waals surface area contributed by atoms with Crippen molar-refractivity contribution in [3.05, 3.63) is 95.3 Å². The van der Waals surface area contributed by atoms with E-state index in [1.165, 1.54) is 30.3 Å². The first kappa shape index (κ1) is 19.8. The summed E-state index contributed by atoms with van der Waals surface area (Å²) in [5.41, 5.74) is 2.06. The van der Waals surface area contributed by atoms with E-state index in [1.807, 2.05) is 13.8 Å². The third-order valence-corrected chi connectivity index (χ3v) is 6.12. The number of anilines is 1. The van der Waals surface area contributed by atoms with Crippen LogP contribution in [0.1, 0.15) is 28.4 Å². The quantitative estimate of drug-likeness (QED) is 0.625. The molecule has 0 fully saturated rings. The van der Waals surface area contributed by atoms with Crippen molar-refractivity contribution in [3.8, 4) is 0 Å². The van der Waals surface area contributed by atoms with Gasteiger partial charge in [0.2, 0.25) is 0 Å².